The lowest BCUT2D eigenvalue weighted by Crippen LogP contribution is -2.21. The number of para-hydroxylation sites is 1. The topological polar surface area (TPSA) is 24.9 Å². The molecular weight excluding hydrogens is 264 g/mol. The number of aryl methyl sites for hydroxylation is 1. The zero-order valence-corrected chi connectivity index (χ0v) is 12.6. The molecule has 102 valence electrons. The number of hydrogen-bond donors (Lipinski definition) is 1. The van der Waals surface area contributed by atoms with E-state index in [1.807, 2.05) is 23.6 Å². The fourth-order valence-electron chi connectivity index (χ4n) is 2.44. The smallest absolute Gasteiger partial charge is 0.0702 e. The average molecular weight is 282 g/mol. The van der Waals surface area contributed by atoms with E-state index in [9.17, 15) is 0 Å². The third-order valence-electron chi connectivity index (χ3n) is 3.40. The van der Waals surface area contributed by atoms with E-state index in [1.54, 1.807) is 0 Å². The standard InChI is InChI=1S/C17H18N2S/c1-3-18-17(16-9-8-12(2)20-16)14-10-13-6-4-5-7-15(13)19-11-14/h4-11,17-18H,3H2,1-2H3. The van der Waals surface area contributed by atoms with E-state index in [1.165, 1.54) is 20.7 Å². The predicted octanol–water partition coefficient (Wildman–Crippen LogP) is 4.30. The molecule has 0 aliphatic carbocycles. The van der Waals surface area contributed by atoms with Gasteiger partial charge in [-0.05, 0) is 43.3 Å². The fraction of sp³-hybridized carbons (Fsp3) is 0.235. The van der Waals surface area contributed by atoms with Gasteiger partial charge in [-0.1, -0.05) is 25.1 Å². The molecule has 0 spiro atoms. The van der Waals surface area contributed by atoms with Gasteiger partial charge in [0.05, 0.1) is 11.6 Å². The Balaban J connectivity index is 2.04. The van der Waals surface area contributed by atoms with Crippen LogP contribution in [0.1, 0.15) is 28.3 Å². The number of pyridine rings is 1. The molecule has 0 aliphatic rings. The second-order valence-corrected chi connectivity index (χ2v) is 6.22. The molecule has 0 radical (unpaired) electrons. The third-order valence-corrected chi connectivity index (χ3v) is 4.46. The Morgan fingerprint density at radius 3 is 2.80 bits per heavy atom. The summed E-state index contributed by atoms with van der Waals surface area (Å²) in [5.74, 6) is 0. The van der Waals surface area contributed by atoms with Crippen molar-refractivity contribution in [2.75, 3.05) is 6.54 Å². The first-order valence-electron chi connectivity index (χ1n) is 6.92. The van der Waals surface area contributed by atoms with Gasteiger partial charge in [0.2, 0.25) is 0 Å². The molecule has 1 unspecified atom stereocenters. The number of rotatable bonds is 4. The molecule has 0 bridgehead atoms. The van der Waals surface area contributed by atoms with Crippen molar-refractivity contribution in [2.24, 2.45) is 0 Å². The molecule has 2 nitrogen and oxygen atoms in total. The molecule has 1 aromatic carbocycles. The number of nitrogens with one attached hydrogen (secondary N) is 1. The van der Waals surface area contributed by atoms with Crippen LogP contribution in [-0.2, 0) is 0 Å². The van der Waals surface area contributed by atoms with E-state index < -0.39 is 0 Å². The summed E-state index contributed by atoms with van der Waals surface area (Å²) in [5.41, 5.74) is 2.28. The average Bonchev–Trinajstić information content (AvgIpc) is 2.90. The van der Waals surface area contributed by atoms with Gasteiger partial charge in [-0.2, -0.15) is 0 Å². The molecule has 0 fully saturated rings. The Morgan fingerprint density at radius 1 is 1.20 bits per heavy atom. The zero-order valence-electron chi connectivity index (χ0n) is 11.8. The van der Waals surface area contributed by atoms with Crippen molar-refractivity contribution in [1.29, 1.82) is 0 Å². The monoisotopic (exact) mass is 282 g/mol. The second kappa shape index (κ2) is 5.73. The minimum Gasteiger partial charge on any atom is -0.306 e. The summed E-state index contributed by atoms with van der Waals surface area (Å²) in [4.78, 5) is 7.27. The first-order chi connectivity index (χ1) is 9.78. The fourth-order valence-corrected chi connectivity index (χ4v) is 3.42. The van der Waals surface area contributed by atoms with Gasteiger partial charge in [-0.15, -0.1) is 11.3 Å². The highest BCUT2D eigenvalue weighted by Crippen LogP contribution is 2.29. The molecule has 2 heterocycles. The van der Waals surface area contributed by atoms with E-state index in [4.69, 9.17) is 0 Å². The third kappa shape index (κ3) is 2.60. The number of fused-ring (bicyclic) bond motifs is 1. The summed E-state index contributed by atoms with van der Waals surface area (Å²) in [6.45, 7) is 5.23. The summed E-state index contributed by atoms with van der Waals surface area (Å²) >= 11 is 1.85. The van der Waals surface area contributed by atoms with Crippen LogP contribution < -0.4 is 5.32 Å². The maximum Gasteiger partial charge on any atom is 0.0702 e. The van der Waals surface area contributed by atoms with Gasteiger partial charge >= 0.3 is 0 Å². The van der Waals surface area contributed by atoms with Crippen LogP contribution in [0.15, 0.2) is 48.7 Å². The normalized spacial score (nSPS) is 12.7. The summed E-state index contributed by atoms with van der Waals surface area (Å²) in [7, 11) is 0. The van der Waals surface area contributed by atoms with Crippen molar-refractivity contribution in [2.45, 2.75) is 19.9 Å². The van der Waals surface area contributed by atoms with Gasteiger partial charge < -0.3 is 5.32 Å². The molecule has 1 N–H and O–H groups in total. The Morgan fingerprint density at radius 2 is 2.05 bits per heavy atom. The maximum atomic E-state index is 4.58. The Bertz CT molecular complexity index is 718. The quantitative estimate of drug-likeness (QED) is 0.771. The van der Waals surface area contributed by atoms with Crippen molar-refractivity contribution in [3.8, 4) is 0 Å². The van der Waals surface area contributed by atoms with Crippen LogP contribution in [0.4, 0.5) is 0 Å². The van der Waals surface area contributed by atoms with Crippen LogP contribution in [0.2, 0.25) is 0 Å². The lowest BCUT2D eigenvalue weighted by atomic mass is 10.0. The molecule has 3 heteroatoms. The molecule has 3 rings (SSSR count). The van der Waals surface area contributed by atoms with E-state index in [0.717, 1.165) is 12.1 Å². The van der Waals surface area contributed by atoms with E-state index in [-0.39, 0.29) is 6.04 Å². The molecule has 0 saturated heterocycles. The summed E-state index contributed by atoms with van der Waals surface area (Å²) in [6.07, 6.45) is 1.99. The molecule has 3 aromatic rings. The zero-order chi connectivity index (χ0) is 13.9. The molecule has 1 atom stereocenters. The second-order valence-electron chi connectivity index (χ2n) is 4.90. The molecule has 2 aromatic heterocycles. The van der Waals surface area contributed by atoms with Gasteiger partial charge in [-0.25, -0.2) is 0 Å². The molecule has 20 heavy (non-hydrogen) atoms. The van der Waals surface area contributed by atoms with Crippen molar-refractivity contribution in [1.82, 2.24) is 10.3 Å². The minimum atomic E-state index is 0.232. The van der Waals surface area contributed by atoms with Gasteiger partial charge in [-0.3, -0.25) is 4.98 Å². The summed E-state index contributed by atoms with van der Waals surface area (Å²) < 4.78 is 0. The van der Waals surface area contributed by atoms with Crippen LogP contribution in [0.5, 0.6) is 0 Å². The van der Waals surface area contributed by atoms with Crippen LogP contribution in [-0.4, -0.2) is 11.5 Å². The van der Waals surface area contributed by atoms with Gasteiger partial charge in [0.1, 0.15) is 0 Å². The summed E-state index contributed by atoms with van der Waals surface area (Å²) in [6, 6.07) is 15.1. The van der Waals surface area contributed by atoms with Crippen LogP contribution in [0.3, 0.4) is 0 Å². The van der Waals surface area contributed by atoms with Gasteiger partial charge in [0.25, 0.3) is 0 Å². The largest absolute Gasteiger partial charge is 0.306 e. The Labute approximate surface area is 123 Å². The van der Waals surface area contributed by atoms with E-state index in [0.29, 0.717) is 0 Å². The highest BCUT2D eigenvalue weighted by atomic mass is 32.1. The number of thiophene rings is 1. The molecule has 0 saturated carbocycles. The first-order valence-corrected chi connectivity index (χ1v) is 7.74. The van der Waals surface area contributed by atoms with Gasteiger partial charge in [0.15, 0.2) is 0 Å². The Kier molecular flexibility index (Phi) is 3.81. The molecular formula is C17H18N2S. The van der Waals surface area contributed by atoms with Crippen LogP contribution in [0, 0.1) is 6.92 Å². The van der Waals surface area contributed by atoms with Crippen molar-refractivity contribution in [3.05, 3.63) is 64.0 Å². The number of hydrogen-bond acceptors (Lipinski definition) is 3. The number of aromatic nitrogens is 1. The van der Waals surface area contributed by atoms with E-state index >= 15 is 0 Å². The lowest BCUT2D eigenvalue weighted by molar-refractivity contribution is 0.638. The van der Waals surface area contributed by atoms with Crippen molar-refractivity contribution < 1.29 is 0 Å². The number of nitrogens with zero attached hydrogens (tertiary/aromatic N) is 1. The first kappa shape index (κ1) is 13.3. The molecule has 0 aliphatic heterocycles. The van der Waals surface area contributed by atoms with Gasteiger partial charge in [0, 0.05) is 21.3 Å². The maximum absolute atomic E-state index is 4.58. The highest BCUT2D eigenvalue weighted by Gasteiger charge is 2.15. The predicted molar refractivity (Wildman–Crippen MR) is 86.3 cm³/mol. The Hall–Kier alpha value is -1.71. The highest BCUT2D eigenvalue weighted by molar-refractivity contribution is 7.12. The summed E-state index contributed by atoms with van der Waals surface area (Å²) in [5, 5.41) is 4.76. The van der Waals surface area contributed by atoms with Crippen molar-refractivity contribution in [3.63, 3.8) is 0 Å². The minimum absolute atomic E-state index is 0.232. The lowest BCUT2D eigenvalue weighted by Gasteiger charge is -2.17. The van der Waals surface area contributed by atoms with Crippen molar-refractivity contribution >= 4 is 22.2 Å². The van der Waals surface area contributed by atoms with E-state index in [2.05, 4.69) is 60.5 Å². The SMILES string of the molecule is CCNC(c1cnc2ccccc2c1)c1ccc(C)s1. The molecule has 0 amide bonds. The van der Waals surface area contributed by atoms with Crippen LogP contribution in [0.25, 0.3) is 10.9 Å². The van der Waals surface area contributed by atoms with Crippen LogP contribution >= 0.6 is 11.3 Å². The number of benzene rings is 1.